The summed E-state index contributed by atoms with van der Waals surface area (Å²) in [6.07, 6.45) is 2.08. The molecule has 0 aliphatic heterocycles. The Hall–Kier alpha value is -2.14. The van der Waals surface area contributed by atoms with Crippen LogP contribution in [0, 0.1) is 0 Å². The molecule has 5 heteroatoms. The number of aliphatic hydroxyl groups excluding tert-OH is 1. The minimum absolute atomic E-state index is 0.456. The minimum Gasteiger partial charge on any atom is -0.490 e. The molecule has 5 nitrogen and oxygen atoms in total. The number of nitrogens with zero attached hydrogens (tertiary/aromatic N) is 1. The Bertz CT molecular complexity index is 424. The van der Waals surface area contributed by atoms with E-state index in [4.69, 9.17) is 9.84 Å². The van der Waals surface area contributed by atoms with Crippen LogP contribution in [0.5, 0.6) is 5.75 Å². The first kappa shape index (κ1) is 13.9. The summed E-state index contributed by atoms with van der Waals surface area (Å²) in [7, 11) is 0. The maximum absolute atomic E-state index is 11.0. The molecule has 1 atom stereocenters. The highest BCUT2D eigenvalue weighted by Gasteiger charge is 2.05. The van der Waals surface area contributed by atoms with Crippen molar-refractivity contribution in [1.82, 2.24) is 5.43 Å². The number of hydrogen-bond donors (Lipinski definition) is 2. The normalized spacial score (nSPS) is 12.1. The molecule has 0 bridgehead atoms. The van der Waals surface area contributed by atoms with E-state index < -0.39 is 12.0 Å². The van der Waals surface area contributed by atoms with Crippen molar-refractivity contribution in [2.45, 2.75) is 13.0 Å². The van der Waals surface area contributed by atoms with Crippen molar-refractivity contribution in [3.8, 4) is 5.75 Å². The number of benzene rings is 1. The van der Waals surface area contributed by atoms with E-state index >= 15 is 0 Å². The Morgan fingerprint density at radius 3 is 2.78 bits per heavy atom. The maximum Gasteiger partial charge on any atom is 0.268 e. The summed E-state index contributed by atoms with van der Waals surface area (Å²) in [5.74, 6) is 0.192. The molecule has 1 amide bonds. The lowest BCUT2D eigenvalue weighted by Gasteiger charge is -2.03. The van der Waals surface area contributed by atoms with Crippen LogP contribution < -0.4 is 10.2 Å². The lowest BCUT2D eigenvalue weighted by molar-refractivity contribution is -0.128. The molecule has 1 aromatic rings. The van der Waals surface area contributed by atoms with Crippen molar-refractivity contribution in [2.24, 2.45) is 5.10 Å². The number of carbonyl (C=O) groups is 1. The summed E-state index contributed by atoms with van der Waals surface area (Å²) in [6.45, 7) is 5.39. The number of amides is 1. The summed E-state index contributed by atoms with van der Waals surface area (Å²) in [4.78, 5) is 11.0. The molecule has 0 saturated carbocycles. The van der Waals surface area contributed by atoms with E-state index in [0.29, 0.717) is 6.61 Å². The van der Waals surface area contributed by atoms with E-state index in [2.05, 4.69) is 17.1 Å². The molecule has 1 aromatic carbocycles. The Morgan fingerprint density at radius 1 is 1.56 bits per heavy atom. The maximum atomic E-state index is 11.0. The van der Waals surface area contributed by atoms with E-state index in [9.17, 15) is 4.79 Å². The average Bonchev–Trinajstić information content (AvgIpc) is 2.37. The van der Waals surface area contributed by atoms with E-state index in [0.717, 1.165) is 11.3 Å². The van der Waals surface area contributed by atoms with Gasteiger partial charge in [-0.2, -0.15) is 5.10 Å². The number of nitrogens with one attached hydrogen (secondary N) is 1. The molecule has 0 spiro atoms. The number of aliphatic hydroxyl groups is 1. The third kappa shape index (κ3) is 4.80. The van der Waals surface area contributed by atoms with Crippen LogP contribution in [-0.2, 0) is 4.79 Å². The molecular formula is C13H16N2O3. The average molecular weight is 248 g/mol. The predicted octanol–water partition coefficient (Wildman–Crippen LogP) is 1.08. The molecule has 2 N–H and O–H groups in total. The summed E-state index contributed by atoms with van der Waals surface area (Å²) in [6, 6.07) is 7.19. The molecule has 18 heavy (non-hydrogen) atoms. The van der Waals surface area contributed by atoms with Gasteiger partial charge in [-0.25, -0.2) is 5.43 Å². The molecule has 1 rings (SSSR count). The zero-order valence-corrected chi connectivity index (χ0v) is 10.2. The fourth-order valence-corrected chi connectivity index (χ4v) is 1.07. The van der Waals surface area contributed by atoms with Crippen molar-refractivity contribution < 1.29 is 14.6 Å². The fraction of sp³-hybridized carbons (Fsp3) is 0.231. The zero-order valence-electron chi connectivity index (χ0n) is 10.2. The van der Waals surface area contributed by atoms with E-state index in [1.54, 1.807) is 30.3 Å². The molecule has 0 radical (unpaired) electrons. The molecule has 0 aliphatic carbocycles. The van der Waals surface area contributed by atoms with Crippen molar-refractivity contribution in [1.29, 1.82) is 0 Å². The first-order chi connectivity index (χ1) is 8.63. The van der Waals surface area contributed by atoms with Gasteiger partial charge < -0.3 is 9.84 Å². The standard InChI is InChI=1S/C13H16N2O3/c1-3-8-18-12-6-4-11(5-7-12)9-14-15-13(17)10(2)16/h3-7,9-10,16H,1,8H2,2H3,(H,15,17)/b14-9-/t10-/m1/s1. The van der Waals surface area contributed by atoms with Crippen molar-refractivity contribution >= 4 is 12.1 Å². The molecular weight excluding hydrogens is 232 g/mol. The van der Waals surface area contributed by atoms with Crippen LogP contribution >= 0.6 is 0 Å². The second kappa shape index (κ2) is 7.24. The second-order valence-corrected chi connectivity index (χ2v) is 3.58. The Morgan fingerprint density at radius 2 is 2.22 bits per heavy atom. The van der Waals surface area contributed by atoms with Gasteiger partial charge in [0.1, 0.15) is 18.5 Å². The van der Waals surface area contributed by atoms with Crippen LogP contribution in [0.1, 0.15) is 12.5 Å². The van der Waals surface area contributed by atoms with Crippen LogP contribution in [0.15, 0.2) is 42.0 Å². The zero-order chi connectivity index (χ0) is 13.4. The van der Waals surface area contributed by atoms with Crippen LogP contribution in [0.25, 0.3) is 0 Å². The van der Waals surface area contributed by atoms with E-state index in [-0.39, 0.29) is 0 Å². The topological polar surface area (TPSA) is 70.9 Å². The number of ether oxygens (including phenoxy) is 1. The monoisotopic (exact) mass is 248 g/mol. The highest BCUT2D eigenvalue weighted by Crippen LogP contribution is 2.10. The third-order valence-corrected chi connectivity index (χ3v) is 2.02. The SMILES string of the molecule is C=CCOc1ccc(/C=N\NC(=O)[C@@H](C)O)cc1. The summed E-state index contributed by atoms with van der Waals surface area (Å²) in [5, 5.41) is 12.6. The lowest BCUT2D eigenvalue weighted by atomic mass is 10.2. The molecule has 0 aromatic heterocycles. The molecule has 0 unspecified atom stereocenters. The quantitative estimate of drug-likeness (QED) is 0.449. The smallest absolute Gasteiger partial charge is 0.268 e. The fourth-order valence-electron chi connectivity index (χ4n) is 1.07. The van der Waals surface area contributed by atoms with Crippen LogP contribution in [0.3, 0.4) is 0 Å². The summed E-state index contributed by atoms with van der Waals surface area (Å²) in [5.41, 5.74) is 3.03. The van der Waals surface area contributed by atoms with E-state index in [1.165, 1.54) is 13.1 Å². The highest BCUT2D eigenvalue weighted by molar-refractivity contribution is 5.84. The molecule has 0 saturated heterocycles. The van der Waals surface area contributed by atoms with Crippen molar-refractivity contribution in [2.75, 3.05) is 6.61 Å². The van der Waals surface area contributed by atoms with Gasteiger partial charge in [0, 0.05) is 0 Å². The lowest BCUT2D eigenvalue weighted by Crippen LogP contribution is -2.28. The van der Waals surface area contributed by atoms with Crippen molar-refractivity contribution in [3.05, 3.63) is 42.5 Å². The van der Waals surface area contributed by atoms with Crippen LogP contribution in [-0.4, -0.2) is 29.9 Å². The largest absolute Gasteiger partial charge is 0.490 e. The number of carbonyl (C=O) groups excluding carboxylic acids is 1. The molecule has 0 aliphatic rings. The summed E-state index contributed by atoms with van der Waals surface area (Å²) >= 11 is 0. The van der Waals surface area contributed by atoms with Gasteiger partial charge in [-0.05, 0) is 36.8 Å². The van der Waals surface area contributed by atoms with Gasteiger partial charge in [0.25, 0.3) is 5.91 Å². The number of hydrazone groups is 1. The van der Waals surface area contributed by atoms with Gasteiger partial charge in [0.2, 0.25) is 0 Å². The first-order valence-corrected chi connectivity index (χ1v) is 5.48. The third-order valence-electron chi connectivity index (χ3n) is 2.02. The predicted molar refractivity (Wildman–Crippen MR) is 69.6 cm³/mol. The van der Waals surface area contributed by atoms with Crippen LogP contribution in [0.2, 0.25) is 0 Å². The van der Waals surface area contributed by atoms with E-state index in [1.807, 2.05) is 0 Å². The van der Waals surface area contributed by atoms with Gasteiger partial charge in [-0.3, -0.25) is 4.79 Å². The van der Waals surface area contributed by atoms with Crippen LogP contribution in [0.4, 0.5) is 0 Å². The van der Waals surface area contributed by atoms with Gasteiger partial charge in [-0.15, -0.1) is 0 Å². The van der Waals surface area contributed by atoms with Gasteiger partial charge in [0.15, 0.2) is 0 Å². The molecule has 96 valence electrons. The van der Waals surface area contributed by atoms with Crippen molar-refractivity contribution in [3.63, 3.8) is 0 Å². The number of hydrogen-bond acceptors (Lipinski definition) is 4. The number of rotatable bonds is 6. The molecule has 0 heterocycles. The van der Waals surface area contributed by atoms with Gasteiger partial charge in [-0.1, -0.05) is 12.7 Å². The Kier molecular flexibility index (Phi) is 5.60. The first-order valence-electron chi connectivity index (χ1n) is 5.48. The summed E-state index contributed by atoms with van der Waals surface area (Å²) < 4.78 is 5.32. The highest BCUT2D eigenvalue weighted by atomic mass is 16.5. The van der Waals surface area contributed by atoms with Gasteiger partial charge >= 0.3 is 0 Å². The molecule has 0 fully saturated rings. The second-order valence-electron chi connectivity index (χ2n) is 3.58. The van der Waals surface area contributed by atoms with Gasteiger partial charge in [0.05, 0.1) is 6.21 Å². The minimum atomic E-state index is -1.07. The Labute approximate surface area is 106 Å². The Balaban J connectivity index is 2.50.